The zero-order valence-corrected chi connectivity index (χ0v) is 28.8. The van der Waals surface area contributed by atoms with Crippen LogP contribution in [-0.2, 0) is 24.1 Å². The molecule has 0 aliphatic rings. The Kier molecular flexibility index (Phi) is 14.6. The number of carbonyl (C=O) groups is 5. The van der Waals surface area contributed by atoms with Crippen molar-refractivity contribution in [3.8, 4) is 0 Å². The second-order valence-electron chi connectivity index (χ2n) is 5.94. The van der Waals surface area contributed by atoms with Crippen LogP contribution >= 0.6 is 116 Å². The number of hydrogen-bond acceptors (Lipinski definition) is 7. The molecule has 0 atom stereocenters. The van der Waals surface area contributed by atoms with Gasteiger partial charge in [0.1, 0.15) is 10.7 Å². The number of benzene rings is 1. The Morgan fingerprint density at radius 2 is 1.12 bits per heavy atom. The molecule has 188 valence electrons. The third-order valence-corrected chi connectivity index (χ3v) is 8.46. The Balaban J connectivity index is 3.81. The molecule has 1 rings (SSSR count). The van der Waals surface area contributed by atoms with Gasteiger partial charge in [-0.2, -0.15) is 10.1 Å². The summed E-state index contributed by atoms with van der Waals surface area (Å²) in [5.41, 5.74) is 0.312. The van der Waals surface area contributed by atoms with E-state index in [-0.39, 0.29) is 49.5 Å². The quantitative estimate of drug-likeness (QED) is 0.232. The van der Waals surface area contributed by atoms with Gasteiger partial charge in [0, 0.05) is 3.57 Å². The lowest BCUT2D eigenvalue weighted by Crippen LogP contribution is -2.37. The van der Waals surface area contributed by atoms with Crippen molar-refractivity contribution in [2.24, 2.45) is 0 Å². The summed E-state index contributed by atoms with van der Waals surface area (Å²) in [7, 11) is 0. The highest BCUT2D eigenvalue weighted by Crippen LogP contribution is 2.37. The van der Waals surface area contributed by atoms with Crippen molar-refractivity contribution in [1.82, 2.24) is 10.1 Å². The van der Waals surface area contributed by atoms with Gasteiger partial charge in [0.2, 0.25) is 5.91 Å². The first-order valence-electron chi connectivity index (χ1n) is 9.22. The van der Waals surface area contributed by atoms with Gasteiger partial charge in [-0.05, 0) is 81.6 Å². The van der Waals surface area contributed by atoms with E-state index in [1.54, 1.807) is 13.8 Å². The summed E-state index contributed by atoms with van der Waals surface area (Å²) in [5, 5.41) is 4.14. The Morgan fingerprint density at radius 3 is 1.41 bits per heavy atom. The van der Waals surface area contributed by atoms with Gasteiger partial charge in [-0.3, -0.25) is 14.4 Å². The minimum atomic E-state index is -0.689. The molecule has 3 amide bonds. The van der Waals surface area contributed by atoms with E-state index in [1.807, 2.05) is 67.8 Å². The third kappa shape index (κ3) is 8.10. The van der Waals surface area contributed by atoms with Crippen LogP contribution in [0, 0.1) is 10.7 Å². The topological polar surface area (TPSA) is 122 Å². The van der Waals surface area contributed by atoms with Crippen LogP contribution in [-0.4, -0.2) is 68.9 Å². The molecule has 0 fully saturated rings. The highest BCUT2D eigenvalue weighted by molar-refractivity contribution is 14.1. The molecule has 0 aliphatic heterocycles. The van der Waals surface area contributed by atoms with Crippen LogP contribution in [0.4, 0.5) is 5.69 Å². The van der Waals surface area contributed by atoms with Crippen LogP contribution in [0.25, 0.3) is 0 Å². The highest BCUT2D eigenvalue weighted by Gasteiger charge is 2.33. The van der Waals surface area contributed by atoms with Gasteiger partial charge in [-0.1, -0.05) is 47.8 Å². The molecule has 1 aromatic carbocycles. The molecule has 0 unspecified atom stereocenters. The van der Waals surface area contributed by atoms with E-state index in [1.165, 1.54) is 0 Å². The van der Waals surface area contributed by atoms with E-state index in [0.717, 1.165) is 10.1 Å². The molecule has 34 heavy (non-hydrogen) atoms. The van der Waals surface area contributed by atoms with Gasteiger partial charge in [0.05, 0.1) is 42.4 Å². The van der Waals surface area contributed by atoms with Crippen LogP contribution < -0.4 is 5.32 Å². The van der Waals surface area contributed by atoms with Gasteiger partial charge in [0.15, 0.2) is 0 Å². The minimum Gasteiger partial charge on any atom is -0.337 e. The summed E-state index contributed by atoms with van der Waals surface area (Å²) in [6.07, 6.45) is 0. The van der Waals surface area contributed by atoms with Crippen molar-refractivity contribution in [1.29, 1.82) is 0 Å². The average molecular weight is 1010 g/mol. The summed E-state index contributed by atoms with van der Waals surface area (Å²) in [5.74, 6) is -3.16. The van der Waals surface area contributed by atoms with Gasteiger partial charge >= 0.3 is 11.9 Å². The van der Waals surface area contributed by atoms with E-state index < -0.39 is 29.7 Å². The van der Waals surface area contributed by atoms with Crippen LogP contribution in [0.2, 0.25) is 0 Å². The molecular weight excluding hydrogens is 991 g/mol. The maximum atomic E-state index is 13.4. The van der Waals surface area contributed by atoms with Crippen molar-refractivity contribution in [3.63, 3.8) is 0 Å². The number of amides is 3. The fourth-order valence-electron chi connectivity index (χ4n) is 2.37. The lowest BCUT2D eigenvalue weighted by molar-refractivity contribution is -0.174. The van der Waals surface area contributed by atoms with E-state index >= 15 is 0 Å². The van der Waals surface area contributed by atoms with Crippen LogP contribution in [0.15, 0.2) is 0 Å². The second-order valence-corrected chi connectivity index (χ2v) is 10.9. The minimum absolute atomic E-state index is 0.0222. The molecule has 1 aromatic rings. The zero-order valence-electron chi connectivity index (χ0n) is 17.6. The molecular formula is C18H17Br3I3N3O7. The summed E-state index contributed by atoms with van der Waals surface area (Å²) in [4.78, 5) is 72.8. The summed E-state index contributed by atoms with van der Waals surface area (Å²) >= 11 is 14.7. The summed E-state index contributed by atoms with van der Waals surface area (Å²) in [6, 6.07) is 0. The van der Waals surface area contributed by atoms with E-state index in [0.29, 0.717) is 7.14 Å². The SMILES string of the molecule is CCN(OC(=O)CBr)C(=O)c1c(I)c(NC(=O)CBr)c(I)c(C(=O)N(CC)OC(=O)CBr)c1I. The molecule has 10 nitrogen and oxygen atoms in total. The number of alkyl halides is 3. The molecule has 0 spiro atoms. The van der Waals surface area contributed by atoms with Gasteiger partial charge in [-0.15, -0.1) is 0 Å². The van der Waals surface area contributed by atoms with Crippen molar-refractivity contribution >= 4 is 151 Å². The highest BCUT2D eigenvalue weighted by atomic mass is 127. The predicted molar refractivity (Wildman–Crippen MR) is 160 cm³/mol. The Bertz CT molecular complexity index is 932. The largest absolute Gasteiger partial charge is 0.342 e. The monoisotopic (exact) mass is 1000 g/mol. The molecule has 1 N–H and O–H groups in total. The number of rotatable bonds is 8. The van der Waals surface area contributed by atoms with E-state index in [9.17, 15) is 24.0 Å². The number of nitrogens with zero attached hydrogens (tertiary/aromatic N) is 2. The van der Waals surface area contributed by atoms with Crippen molar-refractivity contribution in [2.45, 2.75) is 13.8 Å². The maximum absolute atomic E-state index is 13.4. The molecule has 0 saturated heterocycles. The van der Waals surface area contributed by atoms with E-state index in [2.05, 4.69) is 53.1 Å². The Labute approximate surface area is 261 Å². The van der Waals surface area contributed by atoms with Crippen LogP contribution in [0.5, 0.6) is 0 Å². The summed E-state index contributed by atoms with van der Waals surface area (Å²) < 4.78 is 0.923. The molecule has 0 aromatic heterocycles. The van der Waals surface area contributed by atoms with Gasteiger partial charge in [-0.25, -0.2) is 9.59 Å². The number of hydrogen-bond donors (Lipinski definition) is 1. The molecule has 0 saturated carbocycles. The number of anilines is 1. The number of halogens is 6. The smallest absolute Gasteiger partial charge is 0.337 e. The zero-order chi connectivity index (χ0) is 26.2. The normalized spacial score (nSPS) is 10.4. The van der Waals surface area contributed by atoms with Gasteiger partial charge < -0.3 is 15.0 Å². The predicted octanol–water partition coefficient (Wildman–Crippen LogP) is 4.46. The fraction of sp³-hybridized carbons (Fsp3) is 0.389. The standard InChI is InChI=1S/C18H17Br3I3N3O7/c1-3-26(33-9(29)6-20)17(31)11-13(22)12(18(32)27(4-2)34-10(30)7-21)15(24)16(14(11)23)25-8(28)5-19/h3-7H2,1-2H3,(H,25,28). The number of carbonyl (C=O) groups excluding carboxylic acids is 5. The fourth-order valence-corrected chi connectivity index (χ4v) is 7.07. The first-order chi connectivity index (χ1) is 16.0. The average Bonchev–Trinajstić information content (AvgIpc) is 2.82. The lowest BCUT2D eigenvalue weighted by atomic mass is 10.1. The van der Waals surface area contributed by atoms with E-state index in [4.69, 9.17) is 9.68 Å². The molecule has 0 bridgehead atoms. The molecule has 16 heteroatoms. The third-order valence-electron chi connectivity index (χ3n) is 3.80. The number of hydroxylamine groups is 4. The first-order valence-corrected chi connectivity index (χ1v) is 15.8. The van der Waals surface area contributed by atoms with Crippen molar-refractivity contribution in [2.75, 3.05) is 34.4 Å². The van der Waals surface area contributed by atoms with Crippen LogP contribution in [0.1, 0.15) is 34.6 Å². The number of nitrogens with one attached hydrogen (secondary N) is 1. The Morgan fingerprint density at radius 1 is 0.735 bits per heavy atom. The van der Waals surface area contributed by atoms with Crippen LogP contribution in [0.3, 0.4) is 0 Å². The second kappa shape index (κ2) is 15.5. The van der Waals surface area contributed by atoms with Gasteiger partial charge in [0.25, 0.3) is 11.8 Å². The lowest BCUT2D eigenvalue weighted by Gasteiger charge is -2.25. The first kappa shape index (κ1) is 32.2. The Hall–Kier alpha value is 0.200. The molecule has 0 radical (unpaired) electrons. The summed E-state index contributed by atoms with van der Waals surface area (Å²) in [6.45, 7) is 3.30. The van der Waals surface area contributed by atoms with Crippen molar-refractivity contribution < 1.29 is 33.6 Å². The maximum Gasteiger partial charge on any atom is 0.342 e. The molecule has 0 heterocycles. The molecule has 0 aliphatic carbocycles. The van der Waals surface area contributed by atoms with Crippen molar-refractivity contribution in [3.05, 3.63) is 21.8 Å².